The Balaban J connectivity index is 2.55. The van der Waals surface area contributed by atoms with Crippen LogP contribution in [0.4, 0.5) is 5.69 Å². The average molecular weight is 250 g/mol. The van der Waals surface area contributed by atoms with Crippen molar-refractivity contribution in [1.82, 2.24) is 5.32 Å². The molecule has 94 valence electrons. The molecule has 1 rings (SSSR count). The predicted octanol–water partition coefficient (Wildman–Crippen LogP) is 3.36. The molecule has 0 unspecified atom stereocenters. The van der Waals surface area contributed by atoms with Crippen molar-refractivity contribution in [2.24, 2.45) is 0 Å². The molecular weight excluding hydrogens is 228 g/mol. The van der Waals surface area contributed by atoms with E-state index in [4.69, 9.17) is 12.2 Å². The summed E-state index contributed by atoms with van der Waals surface area (Å²) in [6.45, 7) is 5.29. The van der Waals surface area contributed by atoms with Crippen molar-refractivity contribution in [2.75, 3.05) is 18.5 Å². The molecule has 0 radical (unpaired) electrons. The lowest BCUT2D eigenvalue weighted by molar-refractivity contribution is 0.754. The van der Waals surface area contributed by atoms with Crippen LogP contribution in [0.1, 0.15) is 32.3 Å². The molecule has 1 aromatic rings. The zero-order valence-electron chi connectivity index (χ0n) is 11.0. The third-order valence-corrected chi connectivity index (χ3v) is 3.26. The minimum absolute atomic E-state index is 0.794. The average Bonchev–Trinajstić information content (AvgIpc) is 2.38. The zero-order valence-corrected chi connectivity index (χ0v) is 11.8. The Morgan fingerprint density at radius 2 is 1.88 bits per heavy atom. The minimum atomic E-state index is 0.794. The Labute approximate surface area is 110 Å². The van der Waals surface area contributed by atoms with Gasteiger partial charge in [-0.05, 0) is 42.8 Å². The molecule has 0 amide bonds. The molecule has 0 saturated carbocycles. The third kappa shape index (κ3) is 4.35. The number of thiocarbonyl (C=S) groups is 1. The maximum absolute atomic E-state index is 5.35. The number of rotatable bonds is 5. The van der Waals surface area contributed by atoms with Crippen molar-refractivity contribution in [3.05, 3.63) is 29.8 Å². The van der Waals surface area contributed by atoms with Gasteiger partial charge in [0.2, 0.25) is 0 Å². The lowest BCUT2D eigenvalue weighted by atomic mass is 10.1. The first-order valence-electron chi connectivity index (χ1n) is 6.29. The molecule has 0 aliphatic carbocycles. The summed E-state index contributed by atoms with van der Waals surface area (Å²) in [4.78, 5) is 2.02. The second kappa shape index (κ2) is 7.28. The second-order valence-corrected chi connectivity index (χ2v) is 4.55. The summed E-state index contributed by atoms with van der Waals surface area (Å²) in [5, 5.41) is 4.06. The first-order chi connectivity index (χ1) is 8.19. The number of nitrogens with one attached hydrogen (secondary N) is 1. The van der Waals surface area contributed by atoms with Crippen molar-refractivity contribution in [3.8, 4) is 0 Å². The summed E-state index contributed by atoms with van der Waals surface area (Å²) in [5.74, 6) is 0. The van der Waals surface area contributed by atoms with Crippen LogP contribution < -0.4 is 10.2 Å². The van der Waals surface area contributed by atoms with Gasteiger partial charge in [0, 0.05) is 19.3 Å². The third-order valence-electron chi connectivity index (χ3n) is 2.84. The monoisotopic (exact) mass is 250 g/mol. The Hall–Kier alpha value is -1.09. The van der Waals surface area contributed by atoms with Crippen molar-refractivity contribution < 1.29 is 0 Å². The fraction of sp³-hybridized carbons (Fsp3) is 0.500. The van der Waals surface area contributed by atoms with Crippen molar-refractivity contribution in [3.63, 3.8) is 0 Å². The lowest BCUT2D eigenvalue weighted by Crippen LogP contribution is -2.37. The standard InChI is InChI=1S/C14H22N2S/c1-4-6-11-15-14(17)16(3)13-9-7-12(5-2)8-10-13/h7-10H,4-6,11H2,1-3H3,(H,15,17). The normalized spacial score (nSPS) is 10.1. The summed E-state index contributed by atoms with van der Waals surface area (Å²) >= 11 is 5.35. The molecule has 0 aromatic heterocycles. The van der Waals surface area contributed by atoms with E-state index in [1.54, 1.807) is 0 Å². The molecule has 2 nitrogen and oxygen atoms in total. The van der Waals surface area contributed by atoms with Gasteiger partial charge in [0.25, 0.3) is 0 Å². The molecule has 0 aliphatic rings. The quantitative estimate of drug-likeness (QED) is 0.637. The molecule has 1 N–H and O–H groups in total. The maximum Gasteiger partial charge on any atom is 0.173 e. The highest BCUT2D eigenvalue weighted by atomic mass is 32.1. The predicted molar refractivity (Wildman–Crippen MR) is 79.7 cm³/mol. The summed E-state index contributed by atoms with van der Waals surface area (Å²) in [7, 11) is 2.00. The van der Waals surface area contributed by atoms with Crippen molar-refractivity contribution in [1.29, 1.82) is 0 Å². The van der Waals surface area contributed by atoms with Crippen LogP contribution in [0.3, 0.4) is 0 Å². The second-order valence-electron chi connectivity index (χ2n) is 4.16. The summed E-state index contributed by atoms with van der Waals surface area (Å²) < 4.78 is 0. The Morgan fingerprint density at radius 1 is 1.24 bits per heavy atom. The number of hydrogen-bond acceptors (Lipinski definition) is 1. The van der Waals surface area contributed by atoms with Gasteiger partial charge in [0.05, 0.1) is 0 Å². The highest BCUT2D eigenvalue weighted by Gasteiger charge is 2.05. The van der Waals surface area contributed by atoms with E-state index in [2.05, 4.69) is 43.4 Å². The van der Waals surface area contributed by atoms with Crippen LogP contribution >= 0.6 is 12.2 Å². The highest BCUT2D eigenvalue weighted by molar-refractivity contribution is 7.80. The topological polar surface area (TPSA) is 15.3 Å². The van der Waals surface area contributed by atoms with E-state index in [1.165, 1.54) is 12.0 Å². The Morgan fingerprint density at radius 3 is 2.41 bits per heavy atom. The van der Waals surface area contributed by atoms with E-state index < -0.39 is 0 Å². The number of nitrogens with zero attached hydrogens (tertiary/aromatic N) is 1. The van der Waals surface area contributed by atoms with Gasteiger partial charge in [-0.1, -0.05) is 32.4 Å². The van der Waals surface area contributed by atoms with E-state index in [9.17, 15) is 0 Å². The van der Waals surface area contributed by atoms with Crippen LogP contribution in [-0.4, -0.2) is 18.7 Å². The van der Waals surface area contributed by atoms with Crippen LogP contribution in [0.2, 0.25) is 0 Å². The van der Waals surface area contributed by atoms with E-state index in [-0.39, 0.29) is 0 Å². The molecule has 0 bridgehead atoms. The van der Waals surface area contributed by atoms with Crippen molar-refractivity contribution in [2.45, 2.75) is 33.1 Å². The molecule has 1 aromatic carbocycles. The van der Waals surface area contributed by atoms with Crippen LogP contribution in [0.15, 0.2) is 24.3 Å². The molecule has 3 heteroatoms. The number of anilines is 1. The van der Waals surface area contributed by atoms with E-state index in [0.717, 1.165) is 30.2 Å². The summed E-state index contributed by atoms with van der Waals surface area (Å²) in [6, 6.07) is 8.54. The molecule has 0 atom stereocenters. The SMILES string of the molecule is CCCCNC(=S)N(C)c1ccc(CC)cc1. The Bertz CT molecular complexity index is 346. The fourth-order valence-electron chi connectivity index (χ4n) is 1.56. The number of unbranched alkanes of at least 4 members (excludes halogenated alkanes) is 1. The van der Waals surface area contributed by atoms with Gasteiger partial charge in [-0.25, -0.2) is 0 Å². The Kier molecular flexibility index (Phi) is 5.98. The number of hydrogen-bond donors (Lipinski definition) is 1. The van der Waals surface area contributed by atoms with E-state index >= 15 is 0 Å². The molecule has 0 spiro atoms. The van der Waals surface area contributed by atoms with Crippen LogP contribution in [0, 0.1) is 0 Å². The van der Waals surface area contributed by atoms with Gasteiger partial charge >= 0.3 is 0 Å². The summed E-state index contributed by atoms with van der Waals surface area (Å²) in [6.07, 6.45) is 3.41. The fourth-order valence-corrected chi connectivity index (χ4v) is 1.77. The first kappa shape index (κ1) is 14.0. The molecule has 0 saturated heterocycles. The number of aryl methyl sites for hydroxylation is 1. The number of benzene rings is 1. The van der Waals surface area contributed by atoms with Crippen LogP contribution in [0.5, 0.6) is 0 Å². The first-order valence-corrected chi connectivity index (χ1v) is 6.70. The highest BCUT2D eigenvalue weighted by Crippen LogP contribution is 2.14. The van der Waals surface area contributed by atoms with Crippen LogP contribution in [-0.2, 0) is 6.42 Å². The van der Waals surface area contributed by atoms with Gasteiger partial charge in [-0.3, -0.25) is 0 Å². The van der Waals surface area contributed by atoms with Gasteiger partial charge in [0.15, 0.2) is 5.11 Å². The van der Waals surface area contributed by atoms with Gasteiger partial charge in [-0.15, -0.1) is 0 Å². The van der Waals surface area contributed by atoms with Gasteiger partial charge < -0.3 is 10.2 Å². The summed E-state index contributed by atoms with van der Waals surface area (Å²) in [5.41, 5.74) is 2.49. The van der Waals surface area contributed by atoms with Crippen LogP contribution in [0.25, 0.3) is 0 Å². The molecular formula is C14H22N2S. The minimum Gasteiger partial charge on any atom is -0.362 e. The smallest absolute Gasteiger partial charge is 0.173 e. The van der Waals surface area contributed by atoms with Gasteiger partial charge in [-0.2, -0.15) is 0 Å². The largest absolute Gasteiger partial charge is 0.362 e. The molecule has 0 heterocycles. The lowest BCUT2D eigenvalue weighted by Gasteiger charge is -2.21. The molecule has 0 fully saturated rings. The molecule has 0 aliphatic heterocycles. The zero-order chi connectivity index (χ0) is 12.7. The van der Waals surface area contributed by atoms with Crippen molar-refractivity contribution >= 4 is 23.0 Å². The van der Waals surface area contributed by atoms with E-state index in [1.807, 2.05) is 11.9 Å². The molecule has 17 heavy (non-hydrogen) atoms. The van der Waals surface area contributed by atoms with E-state index in [0.29, 0.717) is 0 Å². The van der Waals surface area contributed by atoms with Gasteiger partial charge in [0.1, 0.15) is 0 Å². The maximum atomic E-state index is 5.35.